The number of rotatable bonds is 7. The number of amides is 2. The van der Waals surface area contributed by atoms with Crippen molar-refractivity contribution in [3.63, 3.8) is 0 Å². The highest BCUT2D eigenvalue weighted by molar-refractivity contribution is 6.04. The molecule has 7 heteroatoms. The number of carbonyl (C=O) groups is 3. The van der Waals surface area contributed by atoms with E-state index in [1.165, 1.54) is 19.2 Å². The van der Waals surface area contributed by atoms with Gasteiger partial charge in [0.2, 0.25) is 5.91 Å². The number of benzene rings is 2. The highest BCUT2D eigenvalue weighted by atomic mass is 16.5. The van der Waals surface area contributed by atoms with Crippen molar-refractivity contribution in [3.05, 3.63) is 65.2 Å². The number of aromatic carboxylic acids is 1. The second-order valence-electron chi connectivity index (χ2n) is 5.25. The fourth-order valence-electron chi connectivity index (χ4n) is 2.09. The first-order valence-corrected chi connectivity index (χ1v) is 7.49. The van der Waals surface area contributed by atoms with Crippen LogP contribution in [0, 0.1) is 0 Å². The fraction of sp³-hybridized carbons (Fsp3) is 0.167. The fourth-order valence-corrected chi connectivity index (χ4v) is 2.09. The highest BCUT2D eigenvalue weighted by Crippen LogP contribution is 2.13. The molecule has 130 valence electrons. The smallest absolute Gasteiger partial charge is 0.335 e. The first kappa shape index (κ1) is 18.2. The van der Waals surface area contributed by atoms with Crippen molar-refractivity contribution in [1.82, 2.24) is 5.32 Å². The average molecular weight is 342 g/mol. The maximum atomic E-state index is 12.2. The van der Waals surface area contributed by atoms with Gasteiger partial charge in [0, 0.05) is 24.9 Å². The number of carbonyl (C=O) groups excluding carboxylic acids is 2. The van der Waals surface area contributed by atoms with Crippen LogP contribution in [0.5, 0.6) is 0 Å². The molecule has 0 saturated heterocycles. The third-order valence-electron chi connectivity index (χ3n) is 3.35. The Bertz CT molecular complexity index is 771. The molecule has 2 aromatic carbocycles. The summed E-state index contributed by atoms with van der Waals surface area (Å²) < 4.78 is 4.72. The monoisotopic (exact) mass is 342 g/mol. The summed E-state index contributed by atoms with van der Waals surface area (Å²) in [7, 11) is 1.44. The molecular formula is C18H18N2O5. The maximum absolute atomic E-state index is 12.2. The number of carboxylic acid groups (broad SMARTS) is 1. The number of hydrogen-bond donors (Lipinski definition) is 3. The molecule has 0 saturated carbocycles. The zero-order chi connectivity index (χ0) is 18.2. The predicted molar refractivity (Wildman–Crippen MR) is 91.5 cm³/mol. The summed E-state index contributed by atoms with van der Waals surface area (Å²) in [6.07, 6.45) is 0. The Morgan fingerprint density at radius 1 is 1.04 bits per heavy atom. The van der Waals surface area contributed by atoms with Crippen LogP contribution in [0.25, 0.3) is 0 Å². The SMILES string of the molecule is COCC(=O)NCc1ccc(C(=O)Nc2cccc(C(=O)O)c2)cc1. The van der Waals surface area contributed by atoms with Gasteiger partial charge >= 0.3 is 5.97 Å². The summed E-state index contributed by atoms with van der Waals surface area (Å²) in [5.41, 5.74) is 1.77. The second kappa shape index (κ2) is 8.60. The van der Waals surface area contributed by atoms with Gasteiger partial charge in [-0.1, -0.05) is 18.2 Å². The number of methoxy groups -OCH3 is 1. The van der Waals surface area contributed by atoms with Crippen LogP contribution in [0.2, 0.25) is 0 Å². The van der Waals surface area contributed by atoms with Crippen molar-refractivity contribution in [1.29, 1.82) is 0 Å². The van der Waals surface area contributed by atoms with Crippen LogP contribution in [0.3, 0.4) is 0 Å². The average Bonchev–Trinajstić information content (AvgIpc) is 2.61. The van der Waals surface area contributed by atoms with E-state index in [0.29, 0.717) is 17.8 Å². The Morgan fingerprint density at radius 2 is 1.76 bits per heavy atom. The van der Waals surface area contributed by atoms with Gasteiger partial charge in [0.1, 0.15) is 6.61 Å². The van der Waals surface area contributed by atoms with E-state index in [9.17, 15) is 14.4 Å². The van der Waals surface area contributed by atoms with Gasteiger partial charge in [-0.15, -0.1) is 0 Å². The molecule has 0 bridgehead atoms. The van der Waals surface area contributed by atoms with E-state index < -0.39 is 5.97 Å². The molecule has 2 amide bonds. The van der Waals surface area contributed by atoms with E-state index in [2.05, 4.69) is 10.6 Å². The molecule has 0 atom stereocenters. The summed E-state index contributed by atoms with van der Waals surface area (Å²) in [6, 6.07) is 12.7. The molecule has 2 aromatic rings. The van der Waals surface area contributed by atoms with Gasteiger partial charge in [-0.05, 0) is 35.9 Å². The molecule has 0 aliphatic rings. The summed E-state index contributed by atoms with van der Waals surface area (Å²) in [5, 5.41) is 14.3. The molecule has 0 spiro atoms. The van der Waals surface area contributed by atoms with Crippen molar-refractivity contribution in [2.75, 3.05) is 19.0 Å². The van der Waals surface area contributed by atoms with Gasteiger partial charge in [-0.3, -0.25) is 9.59 Å². The van der Waals surface area contributed by atoms with Gasteiger partial charge in [0.25, 0.3) is 5.91 Å². The third kappa shape index (κ3) is 5.43. The molecule has 0 heterocycles. The maximum Gasteiger partial charge on any atom is 0.335 e. The van der Waals surface area contributed by atoms with Crippen molar-refractivity contribution in [2.24, 2.45) is 0 Å². The molecule has 0 radical (unpaired) electrons. The van der Waals surface area contributed by atoms with Crippen molar-refractivity contribution >= 4 is 23.5 Å². The van der Waals surface area contributed by atoms with Crippen LogP contribution >= 0.6 is 0 Å². The summed E-state index contributed by atoms with van der Waals surface area (Å²) in [6.45, 7) is 0.334. The Labute approximate surface area is 144 Å². The van der Waals surface area contributed by atoms with Gasteiger partial charge in [-0.2, -0.15) is 0 Å². The number of anilines is 1. The largest absolute Gasteiger partial charge is 0.478 e. The topological polar surface area (TPSA) is 105 Å². The van der Waals surface area contributed by atoms with Crippen molar-refractivity contribution in [2.45, 2.75) is 6.54 Å². The van der Waals surface area contributed by atoms with Crippen LogP contribution in [0.4, 0.5) is 5.69 Å². The normalized spacial score (nSPS) is 10.1. The van der Waals surface area contributed by atoms with E-state index >= 15 is 0 Å². The lowest BCUT2D eigenvalue weighted by Gasteiger charge is -2.08. The van der Waals surface area contributed by atoms with Gasteiger partial charge < -0.3 is 20.5 Å². The summed E-state index contributed by atoms with van der Waals surface area (Å²) in [4.78, 5) is 34.5. The van der Waals surface area contributed by atoms with Crippen LogP contribution < -0.4 is 10.6 Å². The Morgan fingerprint density at radius 3 is 2.40 bits per heavy atom. The van der Waals surface area contributed by atoms with E-state index in [1.54, 1.807) is 36.4 Å². The van der Waals surface area contributed by atoms with Crippen LogP contribution in [-0.2, 0) is 16.1 Å². The Balaban J connectivity index is 1.97. The molecular weight excluding hydrogens is 324 g/mol. The number of ether oxygens (including phenoxy) is 1. The van der Waals surface area contributed by atoms with Gasteiger partial charge in [0.15, 0.2) is 0 Å². The molecule has 0 fully saturated rings. The molecule has 7 nitrogen and oxygen atoms in total. The number of carboxylic acids is 1. The third-order valence-corrected chi connectivity index (χ3v) is 3.35. The zero-order valence-corrected chi connectivity index (χ0v) is 13.6. The minimum atomic E-state index is -1.06. The predicted octanol–water partition coefficient (Wildman–Crippen LogP) is 1.90. The van der Waals surface area contributed by atoms with E-state index in [-0.39, 0.29) is 24.0 Å². The van der Waals surface area contributed by atoms with Crippen LogP contribution in [0.15, 0.2) is 48.5 Å². The number of nitrogens with one attached hydrogen (secondary N) is 2. The van der Waals surface area contributed by atoms with E-state index in [1.807, 2.05) is 0 Å². The van der Waals surface area contributed by atoms with E-state index in [4.69, 9.17) is 9.84 Å². The number of hydrogen-bond acceptors (Lipinski definition) is 4. The van der Waals surface area contributed by atoms with Crippen LogP contribution in [0.1, 0.15) is 26.3 Å². The Hall–Kier alpha value is -3.19. The zero-order valence-electron chi connectivity index (χ0n) is 13.6. The Kier molecular flexibility index (Phi) is 6.25. The van der Waals surface area contributed by atoms with Gasteiger partial charge in [-0.25, -0.2) is 4.79 Å². The van der Waals surface area contributed by atoms with Crippen molar-refractivity contribution < 1.29 is 24.2 Å². The van der Waals surface area contributed by atoms with Crippen molar-refractivity contribution in [3.8, 4) is 0 Å². The van der Waals surface area contributed by atoms with Gasteiger partial charge in [0.05, 0.1) is 5.56 Å². The first-order chi connectivity index (χ1) is 12.0. The molecule has 25 heavy (non-hydrogen) atoms. The molecule has 0 aliphatic carbocycles. The lowest BCUT2D eigenvalue weighted by atomic mass is 10.1. The summed E-state index contributed by atoms with van der Waals surface area (Å²) in [5.74, 6) is -1.63. The lowest BCUT2D eigenvalue weighted by molar-refractivity contribution is -0.124. The van der Waals surface area contributed by atoms with E-state index in [0.717, 1.165) is 5.56 Å². The molecule has 0 unspecified atom stereocenters. The second-order valence-corrected chi connectivity index (χ2v) is 5.25. The highest BCUT2D eigenvalue weighted by Gasteiger charge is 2.09. The first-order valence-electron chi connectivity index (χ1n) is 7.49. The molecule has 2 rings (SSSR count). The van der Waals surface area contributed by atoms with Crippen LogP contribution in [-0.4, -0.2) is 36.6 Å². The molecule has 0 aromatic heterocycles. The summed E-state index contributed by atoms with van der Waals surface area (Å²) >= 11 is 0. The molecule has 3 N–H and O–H groups in total. The minimum absolute atomic E-state index is 0.00407. The quantitative estimate of drug-likeness (QED) is 0.713. The standard InChI is InChI=1S/C18H18N2O5/c1-25-11-16(21)19-10-12-5-7-13(8-6-12)17(22)20-15-4-2-3-14(9-15)18(23)24/h2-9H,10-11H2,1H3,(H,19,21)(H,20,22)(H,23,24). The minimum Gasteiger partial charge on any atom is -0.478 e. The lowest BCUT2D eigenvalue weighted by Crippen LogP contribution is -2.26. The molecule has 0 aliphatic heterocycles.